The third kappa shape index (κ3) is 2.10. The average molecular weight is 267 g/mol. The molecule has 2 heteroatoms. The van der Waals surface area contributed by atoms with E-state index in [9.17, 15) is 0 Å². The van der Waals surface area contributed by atoms with E-state index in [-0.39, 0.29) is 6.10 Å². The molecule has 2 N–H and O–H groups in total. The van der Waals surface area contributed by atoms with Crippen molar-refractivity contribution < 1.29 is 4.74 Å². The van der Waals surface area contributed by atoms with Gasteiger partial charge in [0.2, 0.25) is 0 Å². The van der Waals surface area contributed by atoms with Crippen LogP contribution < -0.4 is 10.5 Å². The first kappa shape index (κ1) is 13.2. The molecular weight excluding hydrogens is 246 g/mol. The van der Waals surface area contributed by atoms with E-state index >= 15 is 0 Å². The minimum absolute atomic E-state index is 0.120. The van der Waals surface area contributed by atoms with Crippen LogP contribution in [0.4, 0.5) is 0 Å². The van der Waals surface area contributed by atoms with Crippen molar-refractivity contribution in [2.75, 3.05) is 6.54 Å². The van der Waals surface area contributed by atoms with E-state index in [4.69, 9.17) is 10.5 Å². The van der Waals surface area contributed by atoms with Gasteiger partial charge in [0.25, 0.3) is 0 Å². The van der Waals surface area contributed by atoms with Crippen LogP contribution in [0.15, 0.2) is 30.3 Å². The number of nitrogens with two attached hydrogens (primary N) is 1. The summed E-state index contributed by atoms with van der Waals surface area (Å²) in [5.41, 5.74) is 13.4. The van der Waals surface area contributed by atoms with Gasteiger partial charge in [0.15, 0.2) is 0 Å². The average Bonchev–Trinajstić information content (AvgIpc) is 2.81. The second-order valence-electron chi connectivity index (χ2n) is 5.75. The SMILES string of the molecule is Cc1cc2c(c(-c3c(C)cccc3C)c1)OC(CN)C2. The van der Waals surface area contributed by atoms with Crippen LogP contribution in [0.25, 0.3) is 11.1 Å². The highest BCUT2D eigenvalue weighted by molar-refractivity contribution is 5.78. The predicted molar refractivity (Wildman–Crippen MR) is 83.3 cm³/mol. The molecule has 0 bridgehead atoms. The van der Waals surface area contributed by atoms with E-state index in [0.29, 0.717) is 6.54 Å². The molecule has 0 amide bonds. The van der Waals surface area contributed by atoms with Crippen molar-refractivity contribution in [3.05, 3.63) is 52.6 Å². The molecule has 0 fully saturated rings. The van der Waals surface area contributed by atoms with Crippen molar-refractivity contribution in [1.82, 2.24) is 0 Å². The summed E-state index contributed by atoms with van der Waals surface area (Å²) in [5, 5.41) is 0. The van der Waals surface area contributed by atoms with Crippen LogP contribution in [0, 0.1) is 20.8 Å². The fraction of sp³-hybridized carbons (Fsp3) is 0.333. The lowest BCUT2D eigenvalue weighted by molar-refractivity contribution is 0.242. The number of aryl methyl sites for hydroxylation is 3. The minimum Gasteiger partial charge on any atom is -0.488 e. The van der Waals surface area contributed by atoms with Crippen LogP contribution >= 0.6 is 0 Å². The molecule has 1 heterocycles. The summed E-state index contributed by atoms with van der Waals surface area (Å²) >= 11 is 0. The lowest BCUT2D eigenvalue weighted by Crippen LogP contribution is -2.24. The standard InChI is InChI=1S/C18H21NO/c1-11-7-14-9-15(10-19)20-18(14)16(8-11)17-12(2)5-4-6-13(17)3/h4-8,15H,9-10,19H2,1-3H3. The second-order valence-corrected chi connectivity index (χ2v) is 5.75. The van der Waals surface area contributed by atoms with Gasteiger partial charge in [0, 0.05) is 18.5 Å². The van der Waals surface area contributed by atoms with Crippen molar-refractivity contribution in [3.63, 3.8) is 0 Å². The Hall–Kier alpha value is -1.80. The van der Waals surface area contributed by atoms with Gasteiger partial charge in [-0.3, -0.25) is 0 Å². The molecule has 1 aliphatic rings. The van der Waals surface area contributed by atoms with Gasteiger partial charge in [0.05, 0.1) is 0 Å². The van der Waals surface area contributed by atoms with Crippen molar-refractivity contribution >= 4 is 0 Å². The maximum Gasteiger partial charge on any atom is 0.130 e. The maximum absolute atomic E-state index is 6.08. The Morgan fingerprint density at radius 1 is 1.15 bits per heavy atom. The Balaban J connectivity index is 2.21. The molecule has 0 aliphatic carbocycles. The fourth-order valence-corrected chi connectivity index (χ4v) is 3.15. The summed E-state index contributed by atoms with van der Waals surface area (Å²) in [6, 6.07) is 10.9. The Labute approximate surface area is 120 Å². The van der Waals surface area contributed by atoms with Gasteiger partial charge in [-0.05, 0) is 54.7 Å². The van der Waals surface area contributed by atoms with Crippen LogP contribution in [0.1, 0.15) is 22.3 Å². The lowest BCUT2D eigenvalue weighted by Gasteiger charge is -2.15. The minimum atomic E-state index is 0.120. The van der Waals surface area contributed by atoms with Gasteiger partial charge in [0.1, 0.15) is 11.9 Å². The van der Waals surface area contributed by atoms with E-state index in [2.05, 4.69) is 51.1 Å². The Morgan fingerprint density at radius 3 is 2.50 bits per heavy atom. The van der Waals surface area contributed by atoms with E-state index in [1.165, 1.54) is 33.4 Å². The van der Waals surface area contributed by atoms with Crippen LogP contribution in [-0.4, -0.2) is 12.6 Å². The van der Waals surface area contributed by atoms with Gasteiger partial charge in [-0.2, -0.15) is 0 Å². The van der Waals surface area contributed by atoms with Crippen molar-refractivity contribution in [2.24, 2.45) is 5.73 Å². The summed E-state index contributed by atoms with van der Waals surface area (Å²) < 4.78 is 6.08. The zero-order chi connectivity index (χ0) is 14.3. The molecule has 0 saturated heterocycles. The molecule has 1 unspecified atom stereocenters. The summed E-state index contributed by atoms with van der Waals surface area (Å²) in [5.74, 6) is 1.03. The Kier molecular flexibility index (Phi) is 3.27. The van der Waals surface area contributed by atoms with E-state index in [0.717, 1.165) is 12.2 Å². The van der Waals surface area contributed by atoms with Gasteiger partial charge in [-0.1, -0.05) is 24.3 Å². The molecular formula is C18H21NO. The zero-order valence-corrected chi connectivity index (χ0v) is 12.4. The predicted octanol–water partition coefficient (Wildman–Crippen LogP) is 3.54. The normalized spacial score (nSPS) is 16.9. The van der Waals surface area contributed by atoms with Crippen LogP contribution in [0.2, 0.25) is 0 Å². The summed E-state index contributed by atoms with van der Waals surface area (Å²) in [6.07, 6.45) is 1.04. The number of hydrogen-bond donors (Lipinski definition) is 1. The molecule has 0 saturated carbocycles. The van der Waals surface area contributed by atoms with E-state index in [1.54, 1.807) is 0 Å². The molecule has 0 radical (unpaired) electrons. The molecule has 0 aromatic heterocycles. The smallest absolute Gasteiger partial charge is 0.130 e. The zero-order valence-electron chi connectivity index (χ0n) is 12.4. The maximum atomic E-state index is 6.08. The molecule has 2 aromatic rings. The van der Waals surface area contributed by atoms with Gasteiger partial charge in [-0.25, -0.2) is 0 Å². The number of fused-ring (bicyclic) bond motifs is 1. The molecule has 2 aromatic carbocycles. The highest BCUT2D eigenvalue weighted by atomic mass is 16.5. The first-order valence-electron chi connectivity index (χ1n) is 7.17. The van der Waals surface area contributed by atoms with Gasteiger partial charge < -0.3 is 10.5 Å². The third-order valence-electron chi connectivity index (χ3n) is 4.06. The molecule has 3 rings (SSSR count). The molecule has 20 heavy (non-hydrogen) atoms. The van der Waals surface area contributed by atoms with Crippen molar-refractivity contribution in [3.8, 4) is 16.9 Å². The fourth-order valence-electron chi connectivity index (χ4n) is 3.15. The highest BCUT2D eigenvalue weighted by Gasteiger charge is 2.26. The monoisotopic (exact) mass is 267 g/mol. The Morgan fingerprint density at radius 2 is 1.85 bits per heavy atom. The quantitative estimate of drug-likeness (QED) is 0.903. The molecule has 1 aliphatic heterocycles. The first-order chi connectivity index (χ1) is 9.60. The van der Waals surface area contributed by atoms with Crippen LogP contribution in [-0.2, 0) is 6.42 Å². The topological polar surface area (TPSA) is 35.2 Å². The largest absolute Gasteiger partial charge is 0.488 e. The molecule has 104 valence electrons. The number of benzene rings is 2. The number of rotatable bonds is 2. The summed E-state index contributed by atoms with van der Waals surface area (Å²) in [4.78, 5) is 0. The van der Waals surface area contributed by atoms with Crippen molar-refractivity contribution in [1.29, 1.82) is 0 Å². The summed E-state index contributed by atoms with van der Waals surface area (Å²) in [6.45, 7) is 7.03. The van der Waals surface area contributed by atoms with Crippen LogP contribution in [0.5, 0.6) is 5.75 Å². The van der Waals surface area contributed by atoms with E-state index in [1.807, 2.05) is 0 Å². The lowest BCUT2D eigenvalue weighted by atomic mass is 9.92. The van der Waals surface area contributed by atoms with Gasteiger partial charge >= 0.3 is 0 Å². The highest BCUT2D eigenvalue weighted by Crippen LogP contribution is 2.41. The van der Waals surface area contributed by atoms with E-state index < -0.39 is 0 Å². The third-order valence-corrected chi connectivity index (χ3v) is 4.06. The number of ether oxygens (including phenoxy) is 1. The van der Waals surface area contributed by atoms with Crippen molar-refractivity contribution in [2.45, 2.75) is 33.3 Å². The number of hydrogen-bond acceptors (Lipinski definition) is 2. The molecule has 1 atom stereocenters. The first-order valence-corrected chi connectivity index (χ1v) is 7.17. The Bertz CT molecular complexity index is 640. The molecule has 2 nitrogen and oxygen atoms in total. The molecule has 0 spiro atoms. The second kappa shape index (κ2) is 4.95. The van der Waals surface area contributed by atoms with Gasteiger partial charge in [-0.15, -0.1) is 0 Å². The van der Waals surface area contributed by atoms with Crippen LogP contribution in [0.3, 0.4) is 0 Å². The summed E-state index contributed by atoms with van der Waals surface area (Å²) in [7, 11) is 0.